The van der Waals surface area contributed by atoms with Crippen molar-refractivity contribution in [3.8, 4) is 17.1 Å². The van der Waals surface area contributed by atoms with Gasteiger partial charge in [0.1, 0.15) is 0 Å². The summed E-state index contributed by atoms with van der Waals surface area (Å²) in [6.45, 7) is 9.10. The molecular weight excluding hydrogens is 404 g/mol. The van der Waals surface area contributed by atoms with E-state index >= 15 is 0 Å². The number of rotatable bonds is 4. The number of thiol groups is 1. The lowest BCUT2D eigenvalue weighted by molar-refractivity contribution is 0.190. The minimum absolute atomic E-state index is 0.639. The van der Waals surface area contributed by atoms with Crippen LogP contribution in [0, 0.1) is 0 Å². The van der Waals surface area contributed by atoms with Crippen molar-refractivity contribution >= 4 is 34.6 Å². The second-order valence-electron chi connectivity index (χ2n) is 7.57. The highest BCUT2D eigenvalue weighted by molar-refractivity contribution is 7.77. The van der Waals surface area contributed by atoms with Crippen LogP contribution in [-0.4, -0.2) is 52.5 Å². The van der Waals surface area contributed by atoms with Crippen molar-refractivity contribution in [3.05, 3.63) is 60.2 Å². The van der Waals surface area contributed by atoms with Crippen molar-refractivity contribution in [2.45, 2.75) is 20.4 Å². The minimum Gasteiger partial charge on any atom is -0.480 e. The summed E-state index contributed by atoms with van der Waals surface area (Å²) in [7, 11) is 1.67. The van der Waals surface area contributed by atoms with Gasteiger partial charge < -0.3 is 9.72 Å². The van der Waals surface area contributed by atoms with Crippen LogP contribution in [0.4, 0.5) is 0 Å². The number of piperazine rings is 1. The molecule has 0 aliphatic carbocycles. The number of para-hydroxylation sites is 1. The topological polar surface area (TPSA) is 44.4 Å². The highest BCUT2D eigenvalue weighted by Crippen LogP contribution is 2.33. The van der Waals surface area contributed by atoms with E-state index < -0.39 is 0 Å². The molecule has 1 saturated heterocycles. The van der Waals surface area contributed by atoms with Gasteiger partial charge in [0, 0.05) is 49.0 Å². The molecule has 1 aliphatic rings. The summed E-state index contributed by atoms with van der Waals surface area (Å²) in [4.78, 5) is 10.7. The number of hydrogen-bond donors (Lipinski definition) is 2. The smallest absolute Gasteiger partial charge is 0.223 e. The number of hydrogen-bond acceptors (Lipinski definition) is 5. The molecule has 1 aliphatic heterocycles. The summed E-state index contributed by atoms with van der Waals surface area (Å²) in [6, 6.07) is 19.1. The Kier molecular flexibility index (Phi) is 6.80. The van der Waals surface area contributed by atoms with E-state index in [4.69, 9.17) is 4.74 Å². The summed E-state index contributed by atoms with van der Waals surface area (Å²) in [5, 5.41) is 2.31. The average molecular weight is 435 g/mol. The summed E-state index contributed by atoms with van der Waals surface area (Å²) in [5.74, 6) is 0.639. The third kappa shape index (κ3) is 4.71. The number of methoxy groups -OCH3 is 1. The van der Waals surface area contributed by atoms with Crippen molar-refractivity contribution in [1.82, 2.24) is 19.2 Å². The number of aromatic nitrogens is 2. The molecule has 0 atom stereocenters. The van der Waals surface area contributed by atoms with Crippen molar-refractivity contribution in [1.29, 1.82) is 0 Å². The Morgan fingerprint density at radius 2 is 1.74 bits per heavy atom. The Balaban J connectivity index is 0.00000112. The van der Waals surface area contributed by atoms with Crippen LogP contribution in [0.3, 0.4) is 0 Å². The summed E-state index contributed by atoms with van der Waals surface area (Å²) in [6.07, 6.45) is 0. The molecule has 0 unspecified atom stereocenters. The number of benzene rings is 2. The van der Waals surface area contributed by atoms with Crippen LogP contribution in [-0.2, 0) is 6.54 Å². The van der Waals surface area contributed by atoms with Gasteiger partial charge in [0.2, 0.25) is 5.88 Å². The Labute approximate surface area is 189 Å². The maximum atomic E-state index is 5.59. The number of ether oxygens (including phenoxy) is 1. The second-order valence-corrected chi connectivity index (χ2v) is 8.14. The van der Waals surface area contributed by atoms with E-state index in [1.54, 1.807) is 7.11 Å². The van der Waals surface area contributed by atoms with Gasteiger partial charge in [0.15, 0.2) is 0 Å². The monoisotopic (exact) mass is 434 g/mol. The Morgan fingerprint density at radius 1 is 0.968 bits per heavy atom. The molecule has 6 heteroatoms. The first-order valence-electron chi connectivity index (χ1n) is 10.9. The molecule has 1 N–H and O–H groups in total. The average Bonchev–Trinajstić information content (AvgIpc) is 3.24. The first-order valence-corrected chi connectivity index (χ1v) is 11.3. The first kappa shape index (κ1) is 21.7. The van der Waals surface area contributed by atoms with Crippen LogP contribution in [0.1, 0.15) is 19.4 Å². The lowest BCUT2D eigenvalue weighted by Crippen LogP contribution is -2.41. The van der Waals surface area contributed by atoms with E-state index in [0.29, 0.717) is 5.88 Å². The zero-order valence-corrected chi connectivity index (χ0v) is 19.3. The molecule has 5 nitrogen and oxygen atoms in total. The number of nitrogens with one attached hydrogen (secondary N) is 1. The van der Waals surface area contributed by atoms with Crippen LogP contribution >= 0.6 is 12.8 Å². The molecular formula is C25H30N4OS. The molecule has 31 heavy (non-hydrogen) atoms. The van der Waals surface area contributed by atoms with Crippen molar-refractivity contribution in [3.63, 3.8) is 0 Å². The maximum absolute atomic E-state index is 5.59. The summed E-state index contributed by atoms with van der Waals surface area (Å²) < 4.78 is 7.68. The van der Waals surface area contributed by atoms with Gasteiger partial charge in [-0.25, -0.2) is 4.98 Å². The van der Waals surface area contributed by atoms with Crippen LogP contribution in [0.15, 0.2) is 54.6 Å². The largest absolute Gasteiger partial charge is 0.480 e. The van der Waals surface area contributed by atoms with Gasteiger partial charge in [-0.15, -0.1) is 0 Å². The standard InChI is InChI=1S/C23H24N4OS.C2H6/c1-28-23-19(13-17-4-2-3-5-20(17)25-23)22-14-18-12-16(6-7-21(18)24-22)15-26-8-10-27(29)11-9-26;1-2/h2-7,12-14,24,29H,8-11,15H2,1H3;1-2H3. The number of nitrogens with zero attached hydrogens (tertiary/aromatic N) is 3. The van der Waals surface area contributed by atoms with Gasteiger partial charge in [0.25, 0.3) is 0 Å². The third-order valence-electron chi connectivity index (χ3n) is 5.61. The maximum Gasteiger partial charge on any atom is 0.223 e. The first-order chi connectivity index (χ1) is 15.2. The predicted octanol–water partition coefficient (Wildman–Crippen LogP) is 5.38. The van der Waals surface area contributed by atoms with Gasteiger partial charge in [-0.1, -0.05) is 50.9 Å². The highest BCUT2D eigenvalue weighted by Gasteiger charge is 2.16. The fraction of sp³-hybridized carbons (Fsp3) is 0.320. The van der Waals surface area contributed by atoms with E-state index in [2.05, 4.69) is 68.4 Å². The SMILES string of the molecule is CC.COc1nc2ccccc2cc1-c1cc2cc(CN3CCN(S)CC3)ccc2[nH]1. The molecule has 2 aromatic heterocycles. The van der Waals surface area contributed by atoms with Gasteiger partial charge in [-0.05, 0) is 35.9 Å². The number of aromatic amines is 1. The number of H-pyrrole nitrogens is 1. The second kappa shape index (κ2) is 9.73. The summed E-state index contributed by atoms with van der Waals surface area (Å²) >= 11 is 4.44. The molecule has 2 aromatic carbocycles. The Morgan fingerprint density at radius 3 is 2.52 bits per heavy atom. The molecule has 0 bridgehead atoms. The number of pyridine rings is 1. The van der Waals surface area contributed by atoms with Gasteiger partial charge >= 0.3 is 0 Å². The molecule has 0 spiro atoms. The van der Waals surface area contributed by atoms with E-state index in [9.17, 15) is 0 Å². The van der Waals surface area contributed by atoms with E-state index in [-0.39, 0.29) is 0 Å². The van der Waals surface area contributed by atoms with Crippen molar-refractivity contribution in [2.75, 3.05) is 33.3 Å². The van der Waals surface area contributed by atoms with Crippen molar-refractivity contribution < 1.29 is 4.74 Å². The quantitative estimate of drug-likeness (QED) is 0.423. The van der Waals surface area contributed by atoms with Gasteiger partial charge in [-0.3, -0.25) is 9.21 Å². The van der Waals surface area contributed by atoms with Crippen LogP contribution < -0.4 is 4.74 Å². The van der Waals surface area contributed by atoms with Crippen LogP contribution in [0.2, 0.25) is 0 Å². The lowest BCUT2D eigenvalue weighted by atomic mass is 10.1. The van der Waals surface area contributed by atoms with E-state index in [1.165, 1.54) is 10.9 Å². The minimum atomic E-state index is 0.639. The molecule has 5 rings (SSSR count). The van der Waals surface area contributed by atoms with Crippen molar-refractivity contribution in [2.24, 2.45) is 0 Å². The zero-order chi connectivity index (χ0) is 21.8. The molecule has 4 aromatic rings. The normalized spacial score (nSPS) is 15.1. The molecule has 0 radical (unpaired) electrons. The predicted molar refractivity (Wildman–Crippen MR) is 133 cm³/mol. The summed E-state index contributed by atoms with van der Waals surface area (Å²) in [5.41, 5.74) is 5.40. The zero-order valence-electron chi connectivity index (χ0n) is 18.4. The fourth-order valence-corrected chi connectivity index (χ4v) is 4.20. The van der Waals surface area contributed by atoms with E-state index in [1.807, 2.05) is 32.0 Å². The van der Waals surface area contributed by atoms with Gasteiger partial charge in [-0.2, -0.15) is 0 Å². The number of fused-ring (bicyclic) bond motifs is 2. The molecule has 162 valence electrons. The van der Waals surface area contributed by atoms with Crippen LogP contribution in [0.5, 0.6) is 5.88 Å². The molecule has 1 fully saturated rings. The lowest BCUT2D eigenvalue weighted by Gasteiger charge is -2.31. The molecule has 0 saturated carbocycles. The van der Waals surface area contributed by atoms with Gasteiger partial charge in [0.05, 0.1) is 23.9 Å². The highest BCUT2D eigenvalue weighted by atomic mass is 32.1. The Bertz CT molecular complexity index is 1160. The molecule has 0 amide bonds. The Hall–Kier alpha value is -2.54. The molecule has 3 heterocycles. The fourth-order valence-electron chi connectivity index (χ4n) is 4.03. The van der Waals surface area contributed by atoms with Crippen LogP contribution in [0.25, 0.3) is 33.1 Å². The van der Waals surface area contributed by atoms with E-state index in [0.717, 1.165) is 60.4 Å². The third-order valence-corrected chi connectivity index (χ3v) is 6.01.